The predicted octanol–water partition coefficient (Wildman–Crippen LogP) is 1.03. The third-order valence-corrected chi connectivity index (χ3v) is 3.09. The lowest BCUT2D eigenvalue weighted by Crippen LogP contribution is -2.19. The molecular formula is C12H17N5. The van der Waals surface area contributed by atoms with Crippen LogP contribution in [0.1, 0.15) is 18.7 Å². The first-order valence-electron chi connectivity index (χ1n) is 6.11. The molecule has 1 N–H and O–H groups in total. The molecule has 17 heavy (non-hydrogen) atoms. The second-order valence-corrected chi connectivity index (χ2v) is 4.49. The zero-order valence-corrected chi connectivity index (χ0v) is 9.79. The van der Waals surface area contributed by atoms with Crippen LogP contribution in [-0.2, 0) is 19.6 Å². The van der Waals surface area contributed by atoms with Gasteiger partial charge in [0.1, 0.15) is 5.82 Å². The van der Waals surface area contributed by atoms with Crippen LogP contribution in [0.4, 0.5) is 0 Å². The van der Waals surface area contributed by atoms with Crippen LogP contribution in [0.5, 0.6) is 0 Å². The highest BCUT2D eigenvalue weighted by Crippen LogP contribution is 2.19. The fraction of sp³-hybridized carbons (Fsp3) is 0.500. The lowest BCUT2D eigenvalue weighted by atomic mass is 10.5. The molecule has 5 heteroatoms. The van der Waals surface area contributed by atoms with E-state index in [9.17, 15) is 0 Å². The summed E-state index contributed by atoms with van der Waals surface area (Å²) < 4.78 is 4.29. The van der Waals surface area contributed by atoms with Crippen molar-refractivity contribution in [1.29, 1.82) is 0 Å². The van der Waals surface area contributed by atoms with Gasteiger partial charge < -0.3 is 14.5 Å². The molecule has 90 valence electrons. The van der Waals surface area contributed by atoms with Gasteiger partial charge in [-0.2, -0.15) is 0 Å². The normalized spacial score (nSPS) is 15.3. The number of hydrogen-bond donors (Lipinski definition) is 1. The van der Waals surface area contributed by atoms with Crippen molar-refractivity contribution in [3.05, 3.63) is 36.9 Å². The highest BCUT2D eigenvalue weighted by Gasteiger charge is 2.20. The fourth-order valence-electron chi connectivity index (χ4n) is 1.88. The summed E-state index contributed by atoms with van der Waals surface area (Å²) in [5, 5.41) is 3.49. The van der Waals surface area contributed by atoms with Crippen molar-refractivity contribution in [1.82, 2.24) is 24.4 Å². The summed E-state index contributed by atoms with van der Waals surface area (Å²) in [6, 6.07) is 0.730. The molecule has 1 aliphatic carbocycles. The molecule has 1 saturated carbocycles. The van der Waals surface area contributed by atoms with Gasteiger partial charge in [-0.25, -0.2) is 9.97 Å². The van der Waals surface area contributed by atoms with E-state index >= 15 is 0 Å². The molecule has 0 atom stereocenters. The SMILES string of the molecule is c1cn(CCn2ccnc2CNC2CC2)cn1. The number of aryl methyl sites for hydroxylation is 2. The van der Waals surface area contributed by atoms with E-state index in [0.717, 1.165) is 31.5 Å². The van der Waals surface area contributed by atoms with Crippen LogP contribution >= 0.6 is 0 Å². The molecule has 0 aromatic carbocycles. The van der Waals surface area contributed by atoms with Gasteiger partial charge in [0.15, 0.2) is 0 Å². The van der Waals surface area contributed by atoms with Gasteiger partial charge in [0.05, 0.1) is 12.9 Å². The molecule has 0 spiro atoms. The first-order valence-corrected chi connectivity index (χ1v) is 6.11. The first kappa shape index (κ1) is 10.5. The fourth-order valence-corrected chi connectivity index (χ4v) is 1.88. The average molecular weight is 231 g/mol. The Morgan fingerprint density at radius 3 is 2.94 bits per heavy atom. The molecule has 0 saturated heterocycles. The maximum Gasteiger partial charge on any atom is 0.122 e. The molecule has 2 heterocycles. The smallest absolute Gasteiger partial charge is 0.122 e. The van der Waals surface area contributed by atoms with Crippen LogP contribution in [0.2, 0.25) is 0 Å². The number of hydrogen-bond acceptors (Lipinski definition) is 3. The minimum absolute atomic E-state index is 0.730. The molecular weight excluding hydrogens is 214 g/mol. The van der Waals surface area contributed by atoms with E-state index in [-0.39, 0.29) is 0 Å². The Bertz CT molecular complexity index is 455. The monoisotopic (exact) mass is 231 g/mol. The van der Waals surface area contributed by atoms with Crippen molar-refractivity contribution in [3.8, 4) is 0 Å². The van der Waals surface area contributed by atoms with E-state index in [1.807, 2.05) is 31.1 Å². The maximum atomic E-state index is 4.39. The summed E-state index contributed by atoms with van der Waals surface area (Å²) in [5.41, 5.74) is 0. The van der Waals surface area contributed by atoms with Crippen LogP contribution in [0.15, 0.2) is 31.1 Å². The van der Waals surface area contributed by atoms with Crippen molar-refractivity contribution in [2.75, 3.05) is 0 Å². The molecule has 0 aliphatic heterocycles. The topological polar surface area (TPSA) is 47.7 Å². The molecule has 0 amide bonds. The maximum absolute atomic E-state index is 4.39. The predicted molar refractivity (Wildman–Crippen MR) is 64.3 cm³/mol. The van der Waals surface area contributed by atoms with Crippen LogP contribution < -0.4 is 5.32 Å². The molecule has 1 fully saturated rings. The van der Waals surface area contributed by atoms with Crippen molar-refractivity contribution < 1.29 is 0 Å². The van der Waals surface area contributed by atoms with Gasteiger partial charge in [0.2, 0.25) is 0 Å². The molecule has 0 radical (unpaired) electrons. The average Bonchev–Trinajstić information content (AvgIpc) is 2.86. The third kappa shape index (κ3) is 2.74. The van der Waals surface area contributed by atoms with Gasteiger partial charge in [0, 0.05) is 43.9 Å². The van der Waals surface area contributed by atoms with Crippen molar-refractivity contribution >= 4 is 0 Å². The zero-order valence-electron chi connectivity index (χ0n) is 9.79. The Balaban J connectivity index is 1.56. The van der Waals surface area contributed by atoms with Crippen LogP contribution in [-0.4, -0.2) is 25.1 Å². The number of rotatable bonds is 6. The largest absolute Gasteiger partial charge is 0.336 e. The first-order chi connectivity index (χ1) is 8.42. The standard InChI is InChI=1S/C12H17N5/c1-2-11(1)15-9-12-14-4-6-17(12)8-7-16-5-3-13-10-16/h3-6,10-11,15H,1-2,7-9H2. The third-order valence-electron chi connectivity index (χ3n) is 3.09. The van der Waals surface area contributed by atoms with Crippen LogP contribution in [0.25, 0.3) is 0 Å². The summed E-state index contributed by atoms with van der Waals surface area (Å²) in [6.07, 6.45) is 12.2. The number of nitrogens with one attached hydrogen (secondary N) is 1. The molecule has 0 bridgehead atoms. The van der Waals surface area contributed by atoms with Crippen molar-refractivity contribution in [3.63, 3.8) is 0 Å². The zero-order chi connectivity index (χ0) is 11.5. The molecule has 2 aromatic rings. The molecule has 5 nitrogen and oxygen atoms in total. The van der Waals surface area contributed by atoms with E-state index in [2.05, 4.69) is 24.4 Å². The minimum Gasteiger partial charge on any atom is -0.336 e. The minimum atomic E-state index is 0.730. The highest BCUT2D eigenvalue weighted by molar-refractivity contribution is 4.94. The Morgan fingerprint density at radius 2 is 2.18 bits per heavy atom. The van der Waals surface area contributed by atoms with Crippen LogP contribution in [0.3, 0.4) is 0 Å². The van der Waals surface area contributed by atoms with Gasteiger partial charge in [-0.05, 0) is 12.8 Å². The summed E-state index contributed by atoms with van der Waals surface area (Å²) in [4.78, 5) is 8.43. The lowest BCUT2D eigenvalue weighted by molar-refractivity contribution is 0.539. The second kappa shape index (κ2) is 4.71. The number of aromatic nitrogens is 4. The Morgan fingerprint density at radius 1 is 1.24 bits per heavy atom. The Labute approximate surface area is 100 Å². The lowest BCUT2D eigenvalue weighted by Gasteiger charge is -2.08. The van der Waals surface area contributed by atoms with E-state index in [0.29, 0.717) is 0 Å². The Hall–Kier alpha value is -1.62. The van der Waals surface area contributed by atoms with Crippen LogP contribution in [0, 0.1) is 0 Å². The van der Waals surface area contributed by atoms with Gasteiger partial charge in [-0.1, -0.05) is 0 Å². The summed E-state index contributed by atoms with van der Waals surface area (Å²) in [6.45, 7) is 2.76. The summed E-state index contributed by atoms with van der Waals surface area (Å²) in [5.74, 6) is 1.12. The van der Waals surface area contributed by atoms with E-state index in [1.165, 1.54) is 12.8 Å². The summed E-state index contributed by atoms with van der Waals surface area (Å²) in [7, 11) is 0. The van der Waals surface area contributed by atoms with Gasteiger partial charge in [0.25, 0.3) is 0 Å². The highest BCUT2D eigenvalue weighted by atomic mass is 15.1. The molecule has 3 rings (SSSR count). The molecule has 0 unspecified atom stereocenters. The summed E-state index contributed by atoms with van der Waals surface area (Å²) >= 11 is 0. The van der Waals surface area contributed by atoms with Gasteiger partial charge in [-0.15, -0.1) is 0 Å². The number of imidazole rings is 2. The Kier molecular flexibility index (Phi) is 2.92. The van der Waals surface area contributed by atoms with Gasteiger partial charge >= 0.3 is 0 Å². The van der Waals surface area contributed by atoms with E-state index in [1.54, 1.807) is 0 Å². The number of nitrogens with zero attached hydrogens (tertiary/aromatic N) is 4. The quantitative estimate of drug-likeness (QED) is 0.808. The van der Waals surface area contributed by atoms with Crippen molar-refractivity contribution in [2.45, 2.75) is 38.5 Å². The van der Waals surface area contributed by atoms with Gasteiger partial charge in [-0.3, -0.25) is 0 Å². The van der Waals surface area contributed by atoms with E-state index in [4.69, 9.17) is 0 Å². The molecule has 1 aliphatic rings. The molecule has 2 aromatic heterocycles. The van der Waals surface area contributed by atoms with Crippen molar-refractivity contribution in [2.24, 2.45) is 0 Å². The van der Waals surface area contributed by atoms with E-state index < -0.39 is 0 Å². The second-order valence-electron chi connectivity index (χ2n) is 4.49.